The van der Waals surface area contributed by atoms with Crippen LogP contribution in [0.2, 0.25) is 0 Å². The molecule has 1 radical (unpaired) electrons. The normalized spacial score (nSPS) is 15.3. The smallest absolute Gasteiger partial charge is 0.380 e. The molecule has 0 amide bonds. The molecule has 5 heteroatoms. The number of halogens is 3. The lowest BCUT2D eigenvalue weighted by atomic mass is 9.75. The van der Waals surface area contributed by atoms with Gasteiger partial charge in [0, 0.05) is 12.4 Å². The Labute approximate surface area is 134 Å². The molecule has 0 saturated heterocycles. The number of benzene rings is 1. The molecule has 1 aromatic heterocycles. The Morgan fingerprint density at radius 3 is 2.30 bits per heavy atom. The Bertz CT molecular complexity index is 663. The van der Waals surface area contributed by atoms with Crippen molar-refractivity contribution >= 4 is 0 Å². The van der Waals surface area contributed by atoms with E-state index in [0.717, 1.165) is 11.1 Å². The maximum atomic E-state index is 12.9. The van der Waals surface area contributed by atoms with Crippen LogP contribution in [-0.4, -0.2) is 21.9 Å². The van der Waals surface area contributed by atoms with Gasteiger partial charge in [0.15, 0.2) is 5.60 Å². The summed E-state index contributed by atoms with van der Waals surface area (Å²) in [4.78, 5) is 4.05. The SMILES string of the molecule is [CH2]C(O)(CC(C)(C)c1cccc(-c2cccnc2)c1)C(F)(F)F. The van der Waals surface area contributed by atoms with Gasteiger partial charge in [-0.3, -0.25) is 4.98 Å². The van der Waals surface area contributed by atoms with Gasteiger partial charge in [-0.1, -0.05) is 44.2 Å². The first-order chi connectivity index (χ1) is 10.5. The number of aromatic nitrogens is 1. The standard InChI is InChI=1S/C18H19F3NO/c1-16(2,12-17(3,23)18(19,20)21)15-8-4-6-13(10-15)14-7-5-9-22-11-14/h4-11,23H,3,12H2,1-2H3. The van der Waals surface area contributed by atoms with Crippen molar-refractivity contribution in [2.75, 3.05) is 0 Å². The molecule has 1 unspecified atom stereocenters. The molecule has 2 nitrogen and oxygen atoms in total. The molecule has 2 rings (SSSR count). The van der Waals surface area contributed by atoms with Crippen LogP contribution >= 0.6 is 0 Å². The number of hydrogen-bond donors (Lipinski definition) is 1. The van der Waals surface area contributed by atoms with Crippen LogP contribution in [0.15, 0.2) is 48.8 Å². The quantitative estimate of drug-likeness (QED) is 0.896. The molecule has 0 bridgehead atoms. The molecule has 1 heterocycles. The second-order valence-corrected chi connectivity index (χ2v) is 6.41. The zero-order valence-corrected chi connectivity index (χ0v) is 13.1. The monoisotopic (exact) mass is 322 g/mol. The van der Waals surface area contributed by atoms with Gasteiger partial charge in [0.25, 0.3) is 0 Å². The summed E-state index contributed by atoms with van der Waals surface area (Å²) in [7, 11) is 0. The topological polar surface area (TPSA) is 33.1 Å². The molecule has 0 aliphatic rings. The summed E-state index contributed by atoms with van der Waals surface area (Å²) >= 11 is 0. The summed E-state index contributed by atoms with van der Waals surface area (Å²) in [6.07, 6.45) is -1.95. The first kappa shape index (κ1) is 17.5. The van der Waals surface area contributed by atoms with Crippen molar-refractivity contribution in [2.45, 2.75) is 37.5 Å². The fraction of sp³-hybridized carbons (Fsp3) is 0.333. The van der Waals surface area contributed by atoms with E-state index in [1.165, 1.54) is 0 Å². The second-order valence-electron chi connectivity index (χ2n) is 6.41. The number of aliphatic hydroxyl groups is 1. The number of nitrogens with zero attached hydrogens (tertiary/aromatic N) is 1. The van der Waals surface area contributed by atoms with Crippen LogP contribution in [0.4, 0.5) is 13.2 Å². The van der Waals surface area contributed by atoms with Gasteiger partial charge in [-0.25, -0.2) is 0 Å². The molecule has 1 atom stereocenters. The summed E-state index contributed by atoms with van der Waals surface area (Å²) in [5.41, 5.74) is -1.44. The van der Waals surface area contributed by atoms with Crippen molar-refractivity contribution in [2.24, 2.45) is 0 Å². The molecule has 0 spiro atoms. The molecule has 123 valence electrons. The zero-order chi connectivity index (χ0) is 17.3. The van der Waals surface area contributed by atoms with Crippen LogP contribution in [0, 0.1) is 6.92 Å². The maximum absolute atomic E-state index is 12.9. The number of hydrogen-bond acceptors (Lipinski definition) is 2. The number of pyridine rings is 1. The summed E-state index contributed by atoms with van der Waals surface area (Å²) in [5, 5.41) is 9.69. The third-order valence-electron chi connectivity index (χ3n) is 3.90. The van der Waals surface area contributed by atoms with Gasteiger partial charge in [-0.05, 0) is 41.5 Å². The Hall–Kier alpha value is -1.88. The van der Waals surface area contributed by atoms with E-state index in [9.17, 15) is 18.3 Å². The van der Waals surface area contributed by atoms with Gasteiger partial charge in [-0.15, -0.1) is 0 Å². The predicted octanol–water partition coefficient (Wildman–Crippen LogP) is 4.54. The summed E-state index contributed by atoms with van der Waals surface area (Å²) in [6, 6.07) is 10.9. The third-order valence-corrected chi connectivity index (χ3v) is 3.90. The molecule has 1 aromatic carbocycles. The first-order valence-electron chi connectivity index (χ1n) is 7.18. The Morgan fingerprint density at radius 2 is 1.74 bits per heavy atom. The van der Waals surface area contributed by atoms with Crippen molar-refractivity contribution in [1.29, 1.82) is 0 Å². The highest BCUT2D eigenvalue weighted by atomic mass is 19.4. The average Bonchev–Trinajstić information content (AvgIpc) is 2.46. The highest BCUT2D eigenvalue weighted by Crippen LogP contribution is 2.41. The Balaban J connectivity index is 2.34. The molecular weight excluding hydrogens is 303 g/mol. The molecule has 1 N–H and O–H groups in total. The van der Waals surface area contributed by atoms with Gasteiger partial charge in [0.1, 0.15) is 0 Å². The minimum atomic E-state index is -4.77. The summed E-state index contributed by atoms with van der Waals surface area (Å²) in [5.74, 6) is 0. The van der Waals surface area contributed by atoms with Gasteiger partial charge in [0.05, 0.1) is 0 Å². The average molecular weight is 322 g/mol. The zero-order valence-electron chi connectivity index (χ0n) is 13.1. The van der Waals surface area contributed by atoms with Crippen LogP contribution in [0.5, 0.6) is 0 Å². The van der Waals surface area contributed by atoms with Gasteiger partial charge < -0.3 is 5.11 Å². The van der Waals surface area contributed by atoms with Crippen LogP contribution in [0.25, 0.3) is 11.1 Å². The lowest BCUT2D eigenvalue weighted by Crippen LogP contribution is -2.46. The summed E-state index contributed by atoms with van der Waals surface area (Å²) in [6.45, 7) is 6.28. The number of alkyl halides is 3. The third kappa shape index (κ3) is 3.91. The van der Waals surface area contributed by atoms with Crippen LogP contribution in [-0.2, 0) is 5.41 Å². The predicted molar refractivity (Wildman–Crippen MR) is 83.7 cm³/mol. The molecule has 0 aliphatic carbocycles. The highest BCUT2D eigenvalue weighted by molar-refractivity contribution is 5.63. The van der Waals surface area contributed by atoms with Crippen molar-refractivity contribution in [3.8, 4) is 11.1 Å². The van der Waals surface area contributed by atoms with E-state index in [0.29, 0.717) is 5.56 Å². The van der Waals surface area contributed by atoms with E-state index in [4.69, 9.17) is 0 Å². The van der Waals surface area contributed by atoms with Crippen molar-refractivity contribution < 1.29 is 18.3 Å². The molecule has 2 aromatic rings. The fourth-order valence-electron chi connectivity index (χ4n) is 2.59. The molecule has 23 heavy (non-hydrogen) atoms. The molecule has 0 aliphatic heterocycles. The molecule has 0 fully saturated rings. The van der Waals surface area contributed by atoms with E-state index in [1.54, 1.807) is 44.4 Å². The lowest BCUT2D eigenvalue weighted by Gasteiger charge is -2.35. The Morgan fingerprint density at radius 1 is 1.09 bits per heavy atom. The lowest BCUT2D eigenvalue weighted by molar-refractivity contribution is -0.247. The van der Waals surface area contributed by atoms with E-state index in [2.05, 4.69) is 11.9 Å². The minimum absolute atomic E-state index is 0.528. The van der Waals surface area contributed by atoms with Crippen LogP contribution < -0.4 is 0 Å². The van der Waals surface area contributed by atoms with E-state index < -0.39 is 23.6 Å². The van der Waals surface area contributed by atoms with Gasteiger partial charge in [0.2, 0.25) is 0 Å². The maximum Gasteiger partial charge on any atom is 0.417 e. The molecule has 0 saturated carbocycles. The van der Waals surface area contributed by atoms with E-state index in [-0.39, 0.29) is 0 Å². The molecular formula is C18H19F3NO. The second kappa shape index (κ2) is 5.96. The van der Waals surface area contributed by atoms with Crippen molar-refractivity contribution in [3.63, 3.8) is 0 Å². The van der Waals surface area contributed by atoms with Crippen molar-refractivity contribution in [1.82, 2.24) is 4.98 Å². The van der Waals surface area contributed by atoms with E-state index in [1.807, 2.05) is 18.2 Å². The summed E-state index contributed by atoms with van der Waals surface area (Å²) < 4.78 is 38.7. The van der Waals surface area contributed by atoms with Gasteiger partial charge in [-0.2, -0.15) is 13.2 Å². The van der Waals surface area contributed by atoms with Crippen LogP contribution in [0.3, 0.4) is 0 Å². The largest absolute Gasteiger partial charge is 0.417 e. The minimum Gasteiger partial charge on any atom is -0.380 e. The first-order valence-corrected chi connectivity index (χ1v) is 7.18. The van der Waals surface area contributed by atoms with E-state index >= 15 is 0 Å². The Kier molecular flexibility index (Phi) is 4.53. The highest BCUT2D eigenvalue weighted by Gasteiger charge is 2.52. The van der Waals surface area contributed by atoms with Gasteiger partial charge >= 0.3 is 6.18 Å². The number of rotatable bonds is 4. The van der Waals surface area contributed by atoms with Crippen LogP contribution in [0.1, 0.15) is 25.8 Å². The fourth-order valence-corrected chi connectivity index (χ4v) is 2.59. The van der Waals surface area contributed by atoms with Crippen molar-refractivity contribution in [3.05, 3.63) is 61.3 Å².